The van der Waals surface area contributed by atoms with Crippen LogP contribution in [0.5, 0.6) is 23.3 Å². The number of aromatic nitrogens is 2. The fraction of sp³-hybridized carbons (Fsp3) is 0.559. The number of fused-ring (bicyclic) bond motifs is 2. The van der Waals surface area contributed by atoms with Crippen molar-refractivity contribution in [2.75, 3.05) is 33.9 Å². The van der Waals surface area contributed by atoms with E-state index in [2.05, 4.69) is 44.4 Å². The zero-order valence-corrected chi connectivity index (χ0v) is 61.6. The van der Waals surface area contributed by atoms with Gasteiger partial charge in [-0.05, 0) is 109 Å². The second-order valence-corrected chi connectivity index (χ2v) is 29.3. The van der Waals surface area contributed by atoms with E-state index < -0.39 is 135 Å². The number of methoxy groups -OCH3 is 2. The van der Waals surface area contributed by atoms with Crippen LogP contribution < -0.4 is 69.8 Å². The van der Waals surface area contributed by atoms with Crippen LogP contribution in [0.15, 0.2) is 74.1 Å². The molecule has 4 aliphatic rings. The number of ether oxygens (including phenoxy) is 7. The standard InChI is InChI=1S/C35H47ClN4O8.C33H43ClN4O8.Na.H2O/c1-11-20-16-35(20,31(43)46-12-2)39-28(41)26-19(3)25(47-29-23-15-21(36)13-14-22(23)24(45-10)17-37-29)18-40(26)30(42)27(33(4,5)6)38-32(44)48-34(7,8)9;1-10-18-14-33(18,29(41)42)37-26(39)24-17(2)23(45-27-21-13-19(34)11-12-20(21)22(44-9)15-35-27)16-38(24)28(40)25(31(3,4)5)36-30(43)46-32(6,7)8;;/h11,13-15,17,19-20,25-27H,1,12,16,18H2,2-10H3,(H,38,44)(H,39,41);10-13,15,17-18,23-25H,1,14,16H2,2-9H3,(H,36,43)(H,37,39)(H,41,42);;1H2/q;;+1;/p-1/t19-,20-,25+,26+,27-,35-;17-,18-,23+,24+,25-,33-;;/m11../s1. The molecule has 4 fully saturated rings. The summed E-state index contributed by atoms with van der Waals surface area (Å²) in [6.07, 6.45) is 3.62. The van der Waals surface area contributed by atoms with Crippen molar-refractivity contribution in [3.8, 4) is 23.3 Å². The molecule has 6 amide bonds. The number of hydrogen-bond acceptors (Lipinski definition) is 18. The molecular formula is C68H91Cl2N8NaO17. The zero-order chi connectivity index (χ0) is 70.1. The first-order valence-electron chi connectivity index (χ1n) is 31.2. The molecule has 8 rings (SSSR count). The maximum absolute atomic E-state index is 14.5. The van der Waals surface area contributed by atoms with Crippen molar-refractivity contribution in [1.29, 1.82) is 0 Å². The predicted octanol–water partition coefficient (Wildman–Crippen LogP) is 6.46. The Kier molecular flexibility index (Phi) is 25.5. The summed E-state index contributed by atoms with van der Waals surface area (Å²) in [6.45, 7) is 33.9. The van der Waals surface area contributed by atoms with Crippen molar-refractivity contribution >= 4 is 92.5 Å². The Hall–Kier alpha value is -7.16. The quantitative estimate of drug-likeness (QED) is 0.0291. The van der Waals surface area contributed by atoms with Gasteiger partial charge in [0.05, 0.1) is 46.3 Å². The number of pyridine rings is 2. The summed E-state index contributed by atoms with van der Waals surface area (Å²) >= 11 is 12.6. The molecule has 2 aliphatic carbocycles. The fourth-order valence-electron chi connectivity index (χ4n) is 11.9. The maximum Gasteiger partial charge on any atom is 1.00 e. The van der Waals surface area contributed by atoms with Crippen molar-refractivity contribution in [2.45, 2.75) is 175 Å². The molecular weight excluding hydrogens is 1290 g/mol. The summed E-state index contributed by atoms with van der Waals surface area (Å²) in [4.78, 5) is 120. The normalized spacial score (nSPS) is 24.1. The molecule has 0 spiro atoms. The molecule has 6 N–H and O–H groups in total. The van der Waals surface area contributed by atoms with Gasteiger partial charge < -0.3 is 74.8 Å². The van der Waals surface area contributed by atoms with E-state index >= 15 is 0 Å². The average Bonchev–Trinajstić information content (AvgIpc) is 1.58. The molecule has 4 aromatic rings. The Labute approximate surface area is 592 Å². The predicted molar refractivity (Wildman–Crippen MR) is 355 cm³/mol. The van der Waals surface area contributed by atoms with E-state index in [1.807, 2.05) is 0 Å². The summed E-state index contributed by atoms with van der Waals surface area (Å²) in [5, 5.41) is 24.5. The number of likely N-dealkylation sites (tertiary alicyclic amines) is 2. The van der Waals surface area contributed by atoms with Crippen LogP contribution in [-0.4, -0.2) is 171 Å². The van der Waals surface area contributed by atoms with E-state index in [-0.39, 0.29) is 78.8 Å². The third-order valence-electron chi connectivity index (χ3n) is 17.1. The Balaban J connectivity index is 0.000000340. The first-order valence-corrected chi connectivity index (χ1v) is 31.9. The SMILES string of the molecule is C=C[C@@H]1C[C@]1(NC(=O)[C@@H]1[C@H](C)[C@@H](Oc2ncc(OC)c3ccc(Cl)cc23)CN1C(=O)[C@@H](NC(=O)OC(C)(C)C)C(C)(C)C)C(=O)O.C=C[C@@H]1C[C@]1(NC(=O)[C@@H]1[C@H](C)[C@@H](Oc2ncc(OC)c3ccc(Cl)cc23)CN1C(=O)[C@@H](NC(=O)OC(C)(C)C)C(C)(C)C)C(=O)OCC.[Na+].[OH-]. The Bertz CT molecular complexity index is 3610. The monoisotopic (exact) mass is 1380 g/mol. The molecule has 2 aromatic carbocycles. The molecule has 12 atom stereocenters. The smallest absolute Gasteiger partial charge is 0.870 e. The van der Waals surface area contributed by atoms with Gasteiger partial charge in [-0.2, -0.15) is 0 Å². The minimum Gasteiger partial charge on any atom is -0.870 e. The molecule has 2 aromatic heterocycles. The third kappa shape index (κ3) is 17.8. The van der Waals surface area contributed by atoms with Crippen LogP contribution in [0.25, 0.3) is 21.5 Å². The molecule has 4 heterocycles. The second kappa shape index (κ2) is 30.7. The molecule has 25 nitrogen and oxygen atoms in total. The van der Waals surface area contributed by atoms with Crippen molar-refractivity contribution in [3.05, 3.63) is 84.1 Å². The largest absolute Gasteiger partial charge is 1.00 e. The first kappa shape index (κ1) is 79.5. The Morgan fingerprint density at radius 1 is 0.635 bits per heavy atom. The molecule has 2 aliphatic heterocycles. The number of halogens is 2. The maximum atomic E-state index is 14.5. The van der Waals surface area contributed by atoms with Crippen molar-refractivity contribution < 1.29 is 112 Å². The third-order valence-corrected chi connectivity index (χ3v) is 17.5. The van der Waals surface area contributed by atoms with E-state index in [4.69, 9.17) is 56.4 Å². The van der Waals surface area contributed by atoms with Crippen LogP contribution in [0.4, 0.5) is 9.59 Å². The minimum absolute atomic E-state index is 0. The van der Waals surface area contributed by atoms with Gasteiger partial charge in [-0.1, -0.05) is 90.7 Å². The number of aliphatic carboxylic acids is 1. The molecule has 28 heteroatoms. The minimum atomic E-state index is -1.52. The number of carbonyl (C=O) groups is 8. The van der Waals surface area contributed by atoms with E-state index in [1.165, 1.54) is 42.5 Å². The number of carboxylic acids is 1. The van der Waals surface area contributed by atoms with Crippen molar-refractivity contribution in [1.82, 2.24) is 41.0 Å². The number of hydrogen-bond donors (Lipinski definition) is 5. The van der Waals surface area contributed by atoms with Crippen molar-refractivity contribution in [2.24, 2.45) is 34.5 Å². The number of nitrogens with zero attached hydrogens (tertiary/aromatic N) is 4. The van der Waals surface area contributed by atoms with E-state index in [0.717, 1.165) is 5.39 Å². The molecule has 0 radical (unpaired) electrons. The summed E-state index contributed by atoms with van der Waals surface area (Å²) in [6, 6.07) is 6.02. The van der Waals surface area contributed by atoms with Crippen LogP contribution in [-0.2, 0) is 43.0 Å². The number of alkyl carbamates (subject to hydrolysis) is 2. The summed E-state index contributed by atoms with van der Waals surface area (Å²) in [5.74, 6) is -4.53. The van der Waals surface area contributed by atoms with Crippen LogP contribution in [0, 0.1) is 34.5 Å². The topological polar surface area (TPSA) is 332 Å². The Morgan fingerprint density at radius 2 is 1.00 bits per heavy atom. The average molecular weight is 1390 g/mol. The van der Waals surface area contributed by atoms with Crippen molar-refractivity contribution in [3.63, 3.8) is 0 Å². The molecule has 96 heavy (non-hydrogen) atoms. The van der Waals surface area contributed by atoms with Crippen LogP contribution >= 0.6 is 23.2 Å². The van der Waals surface area contributed by atoms with Crippen LogP contribution in [0.3, 0.4) is 0 Å². The van der Waals surface area contributed by atoms with E-state index in [1.54, 1.807) is 146 Å². The summed E-state index contributed by atoms with van der Waals surface area (Å²) < 4.78 is 40.1. The van der Waals surface area contributed by atoms with Gasteiger partial charge in [-0.15, -0.1) is 13.2 Å². The van der Waals surface area contributed by atoms with Gasteiger partial charge >= 0.3 is 53.7 Å². The number of amides is 6. The number of benzene rings is 2. The first-order chi connectivity index (χ1) is 43.7. The van der Waals surface area contributed by atoms with Crippen LogP contribution in [0.2, 0.25) is 10.0 Å². The molecule has 0 unspecified atom stereocenters. The fourth-order valence-corrected chi connectivity index (χ4v) is 12.2. The van der Waals surface area contributed by atoms with Gasteiger partial charge in [-0.3, -0.25) is 19.2 Å². The van der Waals surface area contributed by atoms with E-state index in [9.17, 15) is 43.5 Å². The van der Waals surface area contributed by atoms with E-state index in [0.29, 0.717) is 44.1 Å². The number of carbonyl (C=O) groups excluding carboxylic acids is 7. The van der Waals surface area contributed by atoms with Gasteiger partial charge in [0.15, 0.2) is 0 Å². The van der Waals surface area contributed by atoms with Gasteiger partial charge in [0.25, 0.3) is 0 Å². The van der Waals surface area contributed by atoms with Gasteiger partial charge in [-0.25, -0.2) is 29.1 Å². The van der Waals surface area contributed by atoms with Gasteiger partial charge in [0.1, 0.15) is 70.2 Å². The Morgan fingerprint density at radius 3 is 1.31 bits per heavy atom. The molecule has 2 saturated heterocycles. The van der Waals surface area contributed by atoms with Crippen LogP contribution in [0.1, 0.15) is 117 Å². The molecule has 2 saturated carbocycles. The number of carboxylic acid groups (broad SMARTS) is 1. The number of esters is 1. The van der Waals surface area contributed by atoms with Gasteiger partial charge in [0, 0.05) is 55.3 Å². The molecule has 520 valence electrons. The number of rotatable bonds is 19. The second-order valence-electron chi connectivity index (χ2n) is 28.5. The zero-order valence-electron chi connectivity index (χ0n) is 58.1. The number of nitrogens with one attached hydrogen (secondary N) is 4. The summed E-state index contributed by atoms with van der Waals surface area (Å²) in [7, 11) is 3.06. The van der Waals surface area contributed by atoms with Gasteiger partial charge in [0.2, 0.25) is 35.4 Å². The summed E-state index contributed by atoms with van der Waals surface area (Å²) in [5.41, 5.74) is -6.00. The molecule has 0 bridgehead atoms.